The Bertz CT molecular complexity index is 1450. The minimum atomic E-state index is -3.10. The molecule has 38 heavy (non-hydrogen) atoms. The zero-order chi connectivity index (χ0) is 26.6. The van der Waals surface area contributed by atoms with Gasteiger partial charge in [0.2, 0.25) is 11.7 Å². The van der Waals surface area contributed by atoms with E-state index in [0.717, 1.165) is 32.2 Å². The van der Waals surface area contributed by atoms with Crippen molar-refractivity contribution >= 4 is 45.6 Å². The molecule has 9 nitrogen and oxygen atoms in total. The fourth-order valence-corrected chi connectivity index (χ4v) is 5.61. The van der Waals surface area contributed by atoms with Crippen LogP contribution in [0.25, 0.3) is 10.9 Å². The van der Waals surface area contributed by atoms with E-state index in [1.807, 2.05) is 0 Å². The van der Waals surface area contributed by atoms with Crippen LogP contribution in [0.5, 0.6) is 5.75 Å². The normalized spacial score (nSPS) is 22.5. The van der Waals surface area contributed by atoms with Gasteiger partial charge in [-0.2, -0.15) is 4.98 Å². The van der Waals surface area contributed by atoms with Gasteiger partial charge in [0.25, 0.3) is 5.56 Å². The van der Waals surface area contributed by atoms with Gasteiger partial charge in [0.15, 0.2) is 12.4 Å². The summed E-state index contributed by atoms with van der Waals surface area (Å²) in [6, 6.07) is 4.44. The highest BCUT2D eigenvalue weighted by atomic mass is 35.5. The number of nitrogens with one attached hydrogen (secondary N) is 2. The van der Waals surface area contributed by atoms with E-state index in [4.69, 9.17) is 21.1 Å². The summed E-state index contributed by atoms with van der Waals surface area (Å²) in [5.74, 6) is -2.39. The SMILES string of the molecule is COCC1CCCN1c1ncc(Cl)c(Nc2ccc3c(c2)c2c(c(=O)n3C)OCC(F)(F)C(C3CC3)N2)n1. The standard InChI is InChI=1S/C26H29ClF2N6O3/c1-34-19-8-7-15(31-23-18(27)11-30-25(33-23)35-9-3-4-16(35)12-37-2)10-17(19)20-21(24(34)36)38-13-26(28,29)22(32-20)14-5-6-14/h7-8,10-11,14,16,22,32H,3-6,9,12-13H2,1-2H3,(H,30,31,33). The van der Waals surface area contributed by atoms with Crippen molar-refractivity contribution in [1.29, 1.82) is 0 Å². The number of anilines is 4. The van der Waals surface area contributed by atoms with Crippen LogP contribution in [0, 0.1) is 5.92 Å². The first-order valence-electron chi connectivity index (χ1n) is 12.8. The number of pyridine rings is 1. The first-order chi connectivity index (χ1) is 18.3. The van der Waals surface area contributed by atoms with Gasteiger partial charge in [0.1, 0.15) is 5.02 Å². The smallest absolute Gasteiger partial charge is 0.301 e. The Balaban J connectivity index is 1.38. The average molecular weight is 547 g/mol. The summed E-state index contributed by atoms with van der Waals surface area (Å²) in [4.78, 5) is 24.3. The van der Waals surface area contributed by atoms with Crippen molar-refractivity contribution in [3.63, 3.8) is 0 Å². The maximum atomic E-state index is 14.9. The lowest BCUT2D eigenvalue weighted by Gasteiger charge is -2.25. The number of hydrogen-bond acceptors (Lipinski definition) is 8. The molecule has 3 aliphatic rings. The first-order valence-corrected chi connectivity index (χ1v) is 13.1. The van der Waals surface area contributed by atoms with Crippen LogP contribution in [0.15, 0.2) is 29.2 Å². The number of aryl methyl sites for hydroxylation is 1. The van der Waals surface area contributed by atoms with E-state index in [0.29, 0.717) is 40.0 Å². The van der Waals surface area contributed by atoms with Crippen molar-refractivity contribution < 1.29 is 18.3 Å². The zero-order valence-electron chi connectivity index (χ0n) is 21.1. The Hall–Kier alpha value is -3.18. The number of alkyl halides is 2. The molecule has 1 saturated heterocycles. The monoisotopic (exact) mass is 546 g/mol. The maximum Gasteiger partial charge on any atom is 0.301 e. The molecule has 1 saturated carbocycles. The number of aromatic nitrogens is 3. The zero-order valence-corrected chi connectivity index (χ0v) is 21.9. The van der Waals surface area contributed by atoms with Crippen LogP contribution in [0.3, 0.4) is 0 Å². The Kier molecular flexibility index (Phi) is 6.30. The highest BCUT2D eigenvalue weighted by molar-refractivity contribution is 6.33. The highest BCUT2D eigenvalue weighted by Crippen LogP contribution is 2.45. The molecular weight excluding hydrogens is 518 g/mol. The summed E-state index contributed by atoms with van der Waals surface area (Å²) >= 11 is 6.45. The van der Waals surface area contributed by atoms with E-state index < -0.39 is 24.1 Å². The molecule has 2 aliphatic heterocycles. The van der Waals surface area contributed by atoms with Crippen LogP contribution in [0.1, 0.15) is 25.7 Å². The molecule has 0 bridgehead atoms. The fourth-order valence-electron chi connectivity index (χ4n) is 5.47. The first kappa shape index (κ1) is 25.1. The summed E-state index contributed by atoms with van der Waals surface area (Å²) < 4.78 is 42.1. The van der Waals surface area contributed by atoms with Crippen LogP contribution in [0.4, 0.5) is 31.9 Å². The molecule has 1 aliphatic carbocycles. The number of halogens is 3. The van der Waals surface area contributed by atoms with Crippen LogP contribution >= 0.6 is 11.6 Å². The van der Waals surface area contributed by atoms with Gasteiger partial charge in [0, 0.05) is 31.8 Å². The van der Waals surface area contributed by atoms with Crippen molar-refractivity contribution in [1.82, 2.24) is 14.5 Å². The number of nitrogens with zero attached hydrogens (tertiary/aromatic N) is 4. The minimum Gasteiger partial charge on any atom is -0.480 e. The third-order valence-electron chi connectivity index (χ3n) is 7.60. The third kappa shape index (κ3) is 4.41. The van der Waals surface area contributed by atoms with E-state index in [1.54, 1.807) is 38.6 Å². The van der Waals surface area contributed by atoms with Crippen molar-refractivity contribution in [2.24, 2.45) is 13.0 Å². The van der Waals surface area contributed by atoms with Gasteiger partial charge in [-0.05, 0) is 49.8 Å². The quantitative estimate of drug-likeness (QED) is 0.465. The molecule has 2 atom stereocenters. The number of hydrogen-bond donors (Lipinski definition) is 2. The van der Waals surface area contributed by atoms with Crippen LogP contribution < -0.4 is 25.8 Å². The van der Waals surface area contributed by atoms with E-state index in [2.05, 4.69) is 25.5 Å². The lowest BCUT2D eigenvalue weighted by molar-refractivity contribution is -0.0579. The number of ether oxygens (including phenoxy) is 2. The summed E-state index contributed by atoms with van der Waals surface area (Å²) in [6.07, 6.45) is 5.01. The molecular formula is C26H29ClF2N6O3. The number of fused-ring (bicyclic) bond motifs is 3. The molecule has 0 radical (unpaired) electrons. The average Bonchev–Trinajstić information content (AvgIpc) is 3.65. The van der Waals surface area contributed by atoms with Crippen molar-refractivity contribution in [3.05, 3.63) is 39.8 Å². The van der Waals surface area contributed by atoms with Gasteiger partial charge in [0.05, 0.1) is 36.1 Å². The molecule has 2 N–H and O–H groups in total. The molecule has 2 aromatic heterocycles. The van der Waals surface area contributed by atoms with Gasteiger partial charge in [-0.1, -0.05) is 11.6 Å². The van der Waals surface area contributed by atoms with E-state index in [1.165, 1.54) is 4.57 Å². The molecule has 12 heteroatoms. The molecule has 2 unspecified atom stereocenters. The minimum absolute atomic E-state index is 0.0967. The van der Waals surface area contributed by atoms with Gasteiger partial charge >= 0.3 is 5.92 Å². The lowest BCUT2D eigenvalue weighted by atomic mass is 10.0. The van der Waals surface area contributed by atoms with Crippen molar-refractivity contribution in [3.8, 4) is 5.75 Å². The molecule has 6 rings (SSSR count). The second kappa shape index (κ2) is 9.53. The topological polar surface area (TPSA) is 93.5 Å². The van der Waals surface area contributed by atoms with Gasteiger partial charge in [-0.25, -0.2) is 13.8 Å². The highest BCUT2D eigenvalue weighted by Gasteiger charge is 2.51. The van der Waals surface area contributed by atoms with Crippen LogP contribution in [-0.2, 0) is 11.8 Å². The molecule has 3 aromatic rings. The Morgan fingerprint density at radius 2 is 2.13 bits per heavy atom. The fraction of sp³-hybridized carbons (Fsp3) is 0.500. The molecule has 0 amide bonds. The number of benzene rings is 1. The Morgan fingerprint density at radius 3 is 2.89 bits per heavy atom. The molecule has 0 spiro atoms. The number of rotatable bonds is 6. The second-order valence-electron chi connectivity index (χ2n) is 10.2. The molecule has 1 aromatic carbocycles. The van der Waals surface area contributed by atoms with Gasteiger partial charge in [-0.3, -0.25) is 4.79 Å². The predicted molar refractivity (Wildman–Crippen MR) is 142 cm³/mol. The van der Waals surface area contributed by atoms with Crippen LogP contribution in [-0.4, -0.2) is 59.4 Å². The summed E-state index contributed by atoms with van der Waals surface area (Å²) in [7, 11) is 3.28. The van der Waals surface area contributed by atoms with Gasteiger partial charge in [-0.15, -0.1) is 0 Å². The van der Waals surface area contributed by atoms with E-state index in [-0.39, 0.29) is 23.4 Å². The summed E-state index contributed by atoms with van der Waals surface area (Å²) in [6.45, 7) is 0.565. The second-order valence-corrected chi connectivity index (χ2v) is 10.7. The Morgan fingerprint density at radius 1 is 1.32 bits per heavy atom. The maximum absolute atomic E-state index is 14.9. The molecule has 4 heterocycles. The van der Waals surface area contributed by atoms with Crippen LogP contribution in [0.2, 0.25) is 5.02 Å². The van der Waals surface area contributed by atoms with Crippen molar-refractivity contribution in [2.75, 3.05) is 42.4 Å². The third-order valence-corrected chi connectivity index (χ3v) is 7.87. The molecule has 202 valence electrons. The summed E-state index contributed by atoms with van der Waals surface area (Å²) in [5.41, 5.74) is 1.03. The Labute approximate surface area is 223 Å². The largest absolute Gasteiger partial charge is 0.480 e. The summed E-state index contributed by atoms with van der Waals surface area (Å²) in [5, 5.41) is 7.17. The lowest BCUT2D eigenvalue weighted by Crippen LogP contribution is -2.44. The van der Waals surface area contributed by atoms with Gasteiger partial charge < -0.3 is 29.6 Å². The van der Waals surface area contributed by atoms with E-state index >= 15 is 0 Å². The van der Waals surface area contributed by atoms with Crippen molar-refractivity contribution in [2.45, 2.75) is 43.7 Å². The predicted octanol–water partition coefficient (Wildman–Crippen LogP) is 4.56. The molecule has 2 fully saturated rings. The number of methoxy groups -OCH3 is 1. The van der Waals surface area contributed by atoms with E-state index in [9.17, 15) is 13.6 Å².